The van der Waals surface area contributed by atoms with Gasteiger partial charge < -0.3 is 9.26 Å². The summed E-state index contributed by atoms with van der Waals surface area (Å²) >= 11 is 1.04. The van der Waals surface area contributed by atoms with Gasteiger partial charge in [0.2, 0.25) is 0 Å². The van der Waals surface area contributed by atoms with Crippen LogP contribution in [-0.4, -0.2) is 28.6 Å². The summed E-state index contributed by atoms with van der Waals surface area (Å²) in [7, 11) is 0. The first-order valence-corrected chi connectivity index (χ1v) is 8.90. The molecule has 1 amide bonds. The normalized spacial score (nSPS) is 10.4. The van der Waals surface area contributed by atoms with Gasteiger partial charge in [0.15, 0.2) is 16.6 Å². The van der Waals surface area contributed by atoms with E-state index in [0.29, 0.717) is 16.3 Å². The Morgan fingerprint density at radius 3 is 2.74 bits per heavy atom. The SMILES string of the molecule is C=CCOC(=O)c1sc(NC(=O)c2cc(-c3ccc(C)cc3)on2)nc1C. The standard InChI is InChI=1S/C19H17N3O4S/c1-4-9-25-18(24)16-12(3)20-19(27-16)21-17(23)14-10-15(26-22-14)13-7-5-11(2)6-8-13/h4-8,10H,1,9H2,2-3H3,(H,20,21,23). The molecule has 0 bridgehead atoms. The number of nitrogens with zero attached hydrogens (tertiary/aromatic N) is 2. The quantitative estimate of drug-likeness (QED) is 0.510. The first-order chi connectivity index (χ1) is 13.0. The van der Waals surface area contributed by atoms with Gasteiger partial charge in [-0.2, -0.15) is 0 Å². The predicted octanol–water partition coefficient (Wildman–Crippen LogP) is 4.01. The molecule has 1 aromatic carbocycles. The van der Waals surface area contributed by atoms with E-state index in [4.69, 9.17) is 9.26 Å². The predicted molar refractivity (Wildman–Crippen MR) is 102 cm³/mol. The van der Waals surface area contributed by atoms with E-state index >= 15 is 0 Å². The van der Waals surface area contributed by atoms with E-state index in [-0.39, 0.29) is 17.4 Å². The van der Waals surface area contributed by atoms with Crippen LogP contribution in [0, 0.1) is 13.8 Å². The Hall–Kier alpha value is -3.26. The largest absolute Gasteiger partial charge is 0.457 e. The minimum Gasteiger partial charge on any atom is -0.457 e. The highest BCUT2D eigenvalue weighted by Gasteiger charge is 2.20. The second-order valence-electron chi connectivity index (χ2n) is 5.72. The van der Waals surface area contributed by atoms with Gasteiger partial charge in [-0.15, -0.1) is 0 Å². The molecule has 2 heterocycles. The summed E-state index contributed by atoms with van der Waals surface area (Å²) in [5.74, 6) is -0.491. The summed E-state index contributed by atoms with van der Waals surface area (Å²) in [4.78, 5) is 28.8. The van der Waals surface area contributed by atoms with E-state index in [1.807, 2.05) is 31.2 Å². The van der Waals surface area contributed by atoms with Crippen LogP contribution in [0.1, 0.15) is 31.4 Å². The number of amides is 1. The number of anilines is 1. The molecule has 0 aliphatic carbocycles. The Morgan fingerprint density at radius 2 is 2.04 bits per heavy atom. The van der Waals surface area contributed by atoms with Crippen LogP contribution in [0.4, 0.5) is 5.13 Å². The van der Waals surface area contributed by atoms with Crippen molar-refractivity contribution in [3.8, 4) is 11.3 Å². The van der Waals surface area contributed by atoms with Crippen LogP contribution in [0.25, 0.3) is 11.3 Å². The Morgan fingerprint density at radius 1 is 1.30 bits per heavy atom. The zero-order valence-electron chi connectivity index (χ0n) is 14.8. The Labute approximate surface area is 159 Å². The van der Waals surface area contributed by atoms with Gasteiger partial charge >= 0.3 is 5.97 Å². The number of esters is 1. The number of hydrogen-bond acceptors (Lipinski definition) is 7. The topological polar surface area (TPSA) is 94.3 Å². The third-order valence-electron chi connectivity index (χ3n) is 3.61. The van der Waals surface area contributed by atoms with Crippen LogP contribution in [0.3, 0.4) is 0 Å². The molecule has 3 aromatic rings. The molecular formula is C19H17N3O4S. The van der Waals surface area contributed by atoms with Crippen LogP contribution in [0.2, 0.25) is 0 Å². The van der Waals surface area contributed by atoms with Crippen molar-refractivity contribution >= 4 is 28.3 Å². The van der Waals surface area contributed by atoms with Crippen molar-refractivity contribution in [2.75, 3.05) is 11.9 Å². The fourth-order valence-corrected chi connectivity index (χ4v) is 3.09. The highest BCUT2D eigenvalue weighted by Crippen LogP contribution is 2.25. The second-order valence-corrected chi connectivity index (χ2v) is 6.72. The maximum absolute atomic E-state index is 12.4. The van der Waals surface area contributed by atoms with Gasteiger partial charge in [-0.1, -0.05) is 59.0 Å². The molecule has 0 radical (unpaired) electrons. The van der Waals surface area contributed by atoms with Gasteiger partial charge in [-0.3, -0.25) is 10.1 Å². The van der Waals surface area contributed by atoms with Crippen LogP contribution < -0.4 is 5.32 Å². The van der Waals surface area contributed by atoms with Gasteiger partial charge in [0.1, 0.15) is 11.5 Å². The molecule has 0 aliphatic rings. The van der Waals surface area contributed by atoms with Crippen molar-refractivity contribution in [2.45, 2.75) is 13.8 Å². The number of thiazole rings is 1. The number of carbonyl (C=O) groups excluding carboxylic acids is 2. The van der Waals surface area contributed by atoms with Crippen molar-refractivity contribution in [3.05, 3.63) is 64.8 Å². The Balaban J connectivity index is 1.72. The van der Waals surface area contributed by atoms with Crippen molar-refractivity contribution in [2.24, 2.45) is 0 Å². The molecule has 2 aromatic heterocycles. The number of nitrogens with one attached hydrogen (secondary N) is 1. The summed E-state index contributed by atoms with van der Waals surface area (Å²) in [6.45, 7) is 7.26. The van der Waals surface area contributed by atoms with E-state index in [9.17, 15) is 9.59 Å². The summed E-state index contributed by atoms with van der Waals surface area (Å²) in [6, 6.07) is 9.23. The summed E-state index contributed by atoms with van der Waals surface area (Å²) in [5.41, 5.74) is 2.54. The average molecular weight is 383 g/mol. The number of benzene rings is 1. The molecule has 0 spiro atoms. The molecule has 0 saturated carbocycles. The van der Waals surface area contributed by atoms with Crippen molar-refractivity contribution in [1.29, 1.82) is 0 Å². The molecule has 8 heteroatoms. The maximum atomic E-state index is 12.4. The first kappa shape index (κ1) is 18.5. The minimum atomic E-state index is -0.506. The number of aromatic nitrogens is 2. The second kappa shape index (κ2) is 7.96. The molecule has 7 nitrogen and oxygen atoms in total. The van der Waals surface area contributed by atoms with Gasteiger partial charge in [0.25, 0.3) is 5.91 Å². The zero-order chi connectivity index (χ0) is 19.4. The highest BCUT2D eigenvalue weighted by molar-refractivity contribution is 7.17. The van der Waals surface area contributed by atoms with Gasteiger partial charge in [-0.25, -0.2) is 9.78 Å². The summed E-state index contributed by atoms with van der Waals surface area (Å²) < 4.78 is 10.2. The number of aryl methyl sites for hydroxylation is 2. The lowest BCUT2D eigenvalue weighted by Gasteiger charge is -1.98. The van der Waals surface area contributed by atoms with Gasteiger partial charge in [0, 0.05) is 11.6 Å². The lowest BCUT2D eigenvalue weighted by Crippen LogP contribution is -2.11. The summed E-state index contributed by atoms with van der Waals surface area (Å²) in [6.07, 6.45) is 1.48. The highest BCUT2D eigenvalue weighted by atomic mass is 32.1. The lowest BCUT2D eigenvalue weighted by atomic mass is 10.1. The summed E-state index contributed by atoms with van der Waals surface area (Å²) in [5, 5.41) is 6.71. The zero-order valence-corrected chi connectivity index (χ0v) is 15.6. The average Bonchev–Trinajstić information content (AvgIpc) is 3.27. The van der Waals surface area contributed by atoms with E-state index in [2.05, 4.69) is 22.0 Å². The number of rotatable bonds is 6. The fraction of sp³-hybridized carbons (Fsp3) is 0.158. The van der Waals surface area contributed by atoms with Gasteiger partial charge in [0.05, 0.1) is 5.69 Å². The third kappa shape index (κ3) is 4.29. The smallest absolute Gasteiger partial charge is 0.350 e. The minimum absolute atomic E-state index is 0.110. The molecule has 0 atom stereocenters. The molecular weight excluding hydrogens is 366 g/mol. The van der Waals surface area contributed by atoms with Crippen LogP contribution >= 0.6 is 11.3 Å². The third-order valence-corrected chi connectivity index (χ3v) is 4.67. The van der Waals surface area contributed by atoms with E-state index in [1.165, 1.54) is 6.08 Å². The number of hydrogen-bond donors (Lipinski definition) is 1. The molecule has 0 unspecified atom stereocenters. The molecule has 27 heavy (non-hydrogen) atoms. The van der Waals surface area contributed by atoms with E-state index in [0.717, 1.165) is 22.5 Å². The molecule has 138 valence electrons. The maximum Gasteiger partial charge on any atom is 0.350 e. The molecule has 0 saturated heterocycles. The monoisotopic (exact) mass is 383 g/mol. The molecule has 3 rings (SSSR count). The Bertz CT molecular complexity index is 989. The number of carbonyl (C=O) groups is 2. The van der Waals surface area contributed by atoms with Crippen molar-refractivity contribution in [1.82, 2.24) is 10.1 Å². The Kier molecular flexibility index (Phi) is 5.46. The van der Waals surface area contributed by atoms with Crippen LogP contribution in [-0.2, 0) is 4.74 Å². The fourth-order valence-electron chi connectivity index (χ4n) is 2.24. The first-order valence-electron chi connectivity index (χ1n) is 8.08. The van der Waals surface area contributed by atoms with Crippen LogP contribution in [0.15, 0.2) is 47.5 Å². The van der Waals surface area contributed by atoms with Crippen molar-refractivity contribution < 1.29 is 18.8 Å². The molecule has 0 fully saturated rings. The van der Waals surface area contributed by atoms with Crippen molar-refractivity contribution in [3.63, 3.8) is 0 Å². The van der Waals surface area contributed by atoms with E-state index in [1.54, 1.807) is 13.0 Å². The van der Waals surface area contributed by atoms with E-state index < -0.39 is 11.9 Å². The lowest BCUT2D eigenvalue weighted by molar-refractivity contribution is 0.0554. The van der Waals surface area contributed by atoms with Crippen LogP contribution in [0.5, 0.6) is 0 Å². The number of ether oxygens (including phenoxy) is 1. The molecule has 0 aliphatic heterocycles. The molecule has 1 N–H and O–H groups in total. The van der Waals surface area contributed by atoms with Gasteiger partial charge in [-0.05, 0) is 13.8 Å².